The second-order valence-electron chi connectivity index (χ2n) is 8.31. The zero-order valence-corrected chi connectivity index (χ0v) is 17.0. The molecule has 6 nitrogen and oxygen atoms in total. The number of hydrogen-bond acceptors (Lipinski definition) is 5. The molecule has 0 heterocycles. The van der Waals surface area contributed by atoms with E-state index in [9.17, 15) is 19.1 Å². The first-order valence-corrected chi connectivity index (χ1v) is 8.99. The standard InChI is InChI=1S/C20H30FNO5/c1-19(2,3)26-17(24)9-7-8-12-22(18(25)27-20(4,5)6)15-11-10-14(21)13-16(15)23/h10-11,13,23H,7-9,12H2,1-6H3. The SMILES string of the molecule is CC(C)(C)OC(=O)CCCCN(C(=O)OC(C)(C)C)c1ccc(F)cc1O. The van der Waals surface area contributed by atoms with Crippen molar-refractivity contribution in [1.82, 2.24) is 0 Å². The quantitative estimate of drug-likeness (QED) is 0.565. The van der Waals surface area contributed by atoms with E-state index < -0.39 is 23.1 Å². The van der Waals surface area contributed by atoms with Gasteiger partial charge < -0.3 is 14.6 Å². The molecule has 7 heteroatoms. The monoisotopic (exact) mass is 383 g/mol. The van der Waals surface area contributed by atoms with Crippen LogP contribution in [-0.2, 0) is 14.3 Å². The number of carbonyl (C=O) groups excluding carboxylic acids is 2. The van der Waals surface area contributed by atoms with Crippen molar-refractivity contribution in [1.29, 1.82) is 0 Å². The highest BCUT2D eigenvalue weighted by molar-refractivity contribution is 5.89. The maximum atomic E-state index is 13.3. The highest BCUT2D eigenvalue weighted by Crippen LogP contribution is 2.29. The van der Waals surface area contributed by atoms with Crippen molar-refractivity contribution in [2.45, 2.75) is 72.0 Å². The summed E-state index contributed by atoms with van der Waals surface area (Å²) in [5.74, 6) is -1.27. The van der Waals surface area contributed by atoms with E-state index in [2.05, 4.69) is 0 Å². The molecule has 0 aliphatic carbocycles. The van der Waals surface area contributed by atoms with Crippen LogP contribution in [0.5, 0.6) is 5.75 Å². The largest absolute Gasteiger partial charge is 0.506 e. The van der Waals surface area contributed by atoms with Crippen molar-refractivity contribution in [2.24, 2.45) is 0 Å². The van der Waals surface area contributed by atoms with Crippen LogP contribution in [0.25, 0.3) is 0 Å². The van der Waals surface area contributed by atoms with Crippen LogP contribution in [0.1, 0.15) is 60.8 Å². The minimum Gasteiger partial charge on any atom is -0.506 e. The summed E-state index contributed by atoms with van der Waals surface area (Å²) in [4.78, 5) is 25.5. The molecule has 0 unspecified atom stereocenters. The van der Waals surface area contributed by atoms with Gasteiger partial charge in [-0.3, -0.25) is 9.69 Å². The molecule has 0 fully saturated rings. The molecule has 0 saturated carbocycles. The molecule has 1 aromatic carbocycles. The average molecular weight is 383 g/mol. The number of phenols is 1. The van der Waals surface area contributed by atoms with Gasteiger partial charge in [0.25, 0.3) is 0 Å². The smallest absolute Gasteiger partial charge is 0.414 e. The molecule has 0 aliphatic rings. The number of hydrogen-bond donors (Lipinski definition) is 1. The minimum absolute atomic E-state index is 0.155. The Morgan fingerprint density at radius 2 is 1.63 bits per heavy atom. The summed E-state index contributed by atoms with van der Waals surface area (Å²) in [6.45, 7) is 10.8. The van der Waals surface area contributed by atoms with Crippen LogP contribution in [0.4, 0.5) is 14.9 Å². The molecule has 0 aliphatic heterocycles. The summed E-state index contributed by atoms with van der Waals surface area (Å²) < 4.78 is 23.9. The Morgan fingerprint density at radius 3 is 2.15 bits per heavy atom. The predicted molar refractivity (Wildman–Crippen MR) is 101 cm³/mol. The van der Waals surface area contributed by atoms with Gasteiger partial charge in [-0.25, -0.2) is 9.18 Å². The maximum absolute atomic E-state index is 13.3. The molecule has 1 N–H and O–H groups in total. The van der Waals surface area contributed by atoms with E-state index in [1.54, 1.807) is 41.5 Å². The Balaban J connectivity index is 2.78. The number of amides is 1. The zero-order valence-electron chi connectivity index (χ0n) is 17.0. The molecule has 0 saturated heterocycles. The number of benzene rings is 1. The Kier molecular flexibility index (Phi) is 7.63. The predicted octanol–water partition coefficient (Wildman–Crippen LogP) is 4.78. The summed E-state index contributed by atoms with van der Waals surface area (Å²) in [5.41, 5.74) is -1.11. The number of nitrogens with zero attached hydrogens (tertiary/aromatic N) is 1. The second kappa shape index (κ2) is 9.06. The fraction of sp³-hybridized carbons (Fsp3) is 0.600. The molecule has 1 rings (SSSR count). The van der Waals surface area contributed by atoms with E-state index in [0.29, 0.717) is 12.8 Å². The first-order chi connectivity index (χ1) is 12.3. The summed E-state index contributed by atoms with van der Waals surface area (Å²) >= 11 is 0. The molecule has 0 atom stereocenters. The van der Waals surface area contributed by atoms with Crippen LogP contribution >= 0.6 is 0 Å². The van der Waals surface area contributed by atoms with Gasteiger partial charge >= 0.3 is 12.1 Å². The number of halogens is 1. The fourth-order valence-electron chi connectivity index (χ4n) is 2.28. The van der Waals surface area contributed by atoms with Crippen molar-refractivity contribution in [2.75, 3.05) is 11.4 Å². The number of phenolic OH excluding ortho intramolecular Hbond substituents is 1. The van der Waals surface area contributed by atoms with E-state index >= 15 is 0 Å². The normalized spacial score (nSPS) is 11.8. The number of carbonyl (C=O) groups is 2. The van der Waals surface area contributed by atoms with Crippen molar-refractivity contribution < 1.29 is 28.6 Å². The summed E-state index contributed by atoms with van der Waals surface area (Å²) in [6.07, 6.45) is 0.544. The van der Waals surface area contributed by atoms with Gasteiger partial charge in [-0.1, -0.05) is 0 Å². The Bertz CT molecular complexity index is 661. The van der Waals surface area contributed by atoms with Gasteiger partial charge in [0.05, 0.1) is 5.69 Å². The zero-order chi connectivity index (χ0) is 20.8. The van der Waals surface area contributed by atoms with Crippen molar-refractivity contribution in [3.63, 3.8) is 0 Å². The number of anilines is 1. The highest BCUT2D eigenvalue weighted by Gasteiger charge is 2.25. The van der Waals surface area contributed by atoms with Crippen molar-refractivity contribution in [3.8, 4) is 5.75 Å². The van der Waals surface area contributed by atoms with Crippen molar-refractivity contribution in [3.05, 3.63) is 24.0 Å². The van der Waals surface area contributed by atoms with Crippen LogP contribution in [0.3, 0.4) is 0 Å². The molecular weight excluding hydrogens is 353 g/mol. The maximum Gasteiger partial charge on any atom is 0.414 e. The molecule has 0 aromatic heterocycles. The first kappa shape index (κ1) is 22.7. The third-order valence-corrected chi connectivity index (χ3v) is 3.27. The van der Waals surface area contributed by atoms with Crippen LogP contribution in [0.2, 0.25) is 0 Å². The van der Waals surface area contributed by atoms with Crippen LogP contribution in [-0.4, -0.2) is 34.9 Å². The Labute approximate surface area is 160 Å². The molecule has 0 spiro atoms. The summed E-state index contributed by atoms with van der Waals surface area (Å²) in [7, 11) is 0. The lowest BCUT2D eigenvalue weighted by Crippen LogP contribution is -2.37. The molecule has 1 amide bonds. The average Bonchev–Trinajstić information content (AvgIpc) is 2.44. The third kappa shape index (κ3) is 8.75. The van der Waals surface area contributed by atoms with Gasteiger partial charge in [0.15, 0.2) is 0 Å². The van der Waals surface area contributed by atoms with Gasteiger partial charge in [0, 0.05) is 19.0 Å². The lowest BCUT2D eigenvalue weighted by atomic mass is 10.1. The molecular formula is C20H30FNO5. The van der Waals surface area contributed by atoms with Crippen LogP contribution < -0.4 is 4.90 Å². The molecule has 0 bridgehead atoms. The van der Waals surface area contributed by atoms with E-state index in [0.717, 1.165) is 12.1 Å². The van der Waals surface area contributed by atoms with Crippen LogP contribution in [0, 0.1) is 5.82 Å². The van der Waals surface area contributed by atoms with E-state index in [1.807, 2.05) is 0 Å². The number of rotatable bonds is 6. The lowest BCUT2D eigenvalue weighted by Gasteiger charge is -2.28. The van der Waals surface area contributed by atoms with Gasteiger partial charge in [0.2, 0.25) is 0 Å². The lowest BCUT2D eigenvalue weighted by molar-refractivity contribution is -0.154. The topological polar surface area (TPSA) is 76.1 Å². The Hall–Kier alpha value is -2.31. The summed E-state index contributed by atoms with van der Waals surface area (Å²) in [6, 6.07) is 3.42. The summed E-state index contributed by atoms with van der Waals surface area (Å²) in [5, 5.41) is 10.0. The molecule has 1 aromatic rings. The molecule has 27 heavy (non-hydrogen) atoms. The molecule has 152 valence electrons. The van der Waals surface area contributed by atoms with E-state index in [4.69, 9.17) is 9.47 Å². The van der Waals surface area contributed by atoms with Gasteiger partial charge in [0.1, 0.15) is 22.8 Å². The van der Waals surface area contributed by atoms with Gasteiger partial charge in [-0.2, -0.15) is 0 Å². The number of esters is 1. The minimum atomic E-state index is -0.721. The van der Waals surface area contributed by atoms with Crippen molar-refractivity contribution >= 4 is 17.7 Å². The fourth-order valence-corrected chi connectivity index (χ4v) is 2.28. The van der Waals surface area contributed by atoms with E-state index in [1.165, 1.54) is 11.0 Å². The third-order valence-electron chi connectivity index (χ3n) is 3.27. The number of unbranched alkanes of at least 4 members (excludes halogenated alkanes) is 1. The first-order valence-electron chi connectivity index (χ1n) is 8.99. The number of aromatic hydroxyl groups is 1. The van der Waals surface area contributed by atoms with Gasteiger partial charge in [-0.05, 0) is 66.5 Å². The van der Waals surface area contributed by atoms with Gasteiger partial charge in [-0.15, -0.1) is 0 Å². The molecule has 0 radical (unpaired) electrons. The number of ether oxygens (including phenoxy) is 2. The Morgan fingerprint density at radius 1 is 1.04 bits per heavy atom. The van der Waals surface area contributed by atoms with E-state index in [-0.39, 0.29) is 30.4 Å². The van der Waals surface area contributed by atoms with Crippen LogP contribution in [0.15, 0.2) is 18.2 Å². The highest BCUT2D eigenvalue weighted by atomic mass is 19.1. The second-order valence-corrected chi connectivity index (χ2v) is 8.31.